The van der Waals surface area contributed by atoms with Crippen LogP contribution in [-0.2, 0) is 10.0 Å². The molecule has 2 atom stereocenters. The lowest BCUT2D eigenvalue weighted by Crippen LogP contribution is -2.28. The number of hydrogen-bond acceptors (Lipinski definition) is 3. The van der Waals surface area contributed by atoms with Gasteiger partial charge in [-0.05, 0) is 55.9 Å². The van der Waals surface area contributed by atoms with Crippen molar-refractivity contribution in [1.29, 1.82) is 0 Å². The fraction of sp³-hybridized carbons (Fsp3) is 0.538. The summed E-state index contributed by atoms with van der Waals surface area (Å²) in [6.07, 6.45) is 2.05. The molecule has 1 aliphatic rings. The van der Waals surface area contributed by atoms with Crippen LogP contribution in [0.25, 0.3) is 0 Å². The van der Waals surface area contributed by atoms with Gasteiger partial charge in [0.2, 0.25) is 10.0 Å². The van der Waals surface area contributed by atoms with Gasteiger partial charge in [0.05, 0.1) is 11.0 Å². The van der Waals surface area contributed by atoms with Crippen molar-refractivity contribution in [2.45, 2.75) is 37.2 Å². The molecule has 2 unspecified atom stereocenters. The molecule has 2 rings (SSSR count). The molecule has 1 saturated carbocycles. The predicted octanol–water partition coefficient (Wildman–Crippen LogP) is 2.20. The average Bonchev–Trinajstić information content (AvgIpc) is 2.76. The fourth-order valence-corrected chi connectivity index (χ4v) is 3.78. The number of rotatable bonds is 4. The third-order valence-corrected chi connectivity index (χ3v) is 5.83. The van der Waals surface area contributed by atoms with Crippen molar-refractivity contribution in [3.8, 4) is 0 Å². The number of aryl methyl sites for hydroxylation is 1. The van der Waals surface area contributed by atoms with Gasteiger partial charge < -0.3 is 5.11 Å². The minimum absolute atomic E-state index is 0.237. The Hall–Kier alpha value is -0.430. The van der Waals surface area contributed by atoms with Crippen molar-refractivity contribution in [2.75, 3.05) is 6.54 Å². The second-order valence-electron chi connectivity index (χ2n) is 5.10. The summed E-state index contributed by atoms with van der Waals surface area (Å²) in [5.74, 6) is 0.237. The molecule has 0 aromatic heterocycles. The van der Waals surface area contributed by atoms with E-state index >= 15 is 0 Å². The zero-order valence-corrected chi connectivity index (χ0v) is 13.2. The summed E-state index contributed by atoms with van der Waals surface area (Å²) in [6, 6.07) is 4.97. The molecule has 1 fully saturated rings. The van der Waals surface area contributed by atoms with Gasteiger partial charge in [0, 0.05) is 11.0 Å². The SMILES string of the molecule is Cc1cc(S(=O)(=O)NCC2CCC(O)C2)ccc1Br. The molecule has 0 heterocycles. The summed E-state index contributed by atoms with van der Waals surface area (Å²) >= 11 is 3.35. The maximum atomic E-state index is 12.1. The summed E-state index contributed by atoms with van der Waals surface area (Å²) in [6.45, 7) is 2.25. The molecule has 0 aliphatic heterocycles. The van der Waals surface area contributed by atoms with Gasteiger partial charge >= 0.3 is 0 Å². The van der Waals surface area contributed by atoms with Gasteiger partial charge in [-0.2, -0.15) is 0 Å². The van der Waals surface area contributed by atoms with E-state index in [1.165, 1.54) is 0 Å². The lowest BCUT2D eigenvalue weighted by Gasteiger charge is -2.12. The van der Waals surface area contributed by atoms with E-state index in [-0.39, 0.29) is 16.9 Å². The van der Waals surface area contributed by atoms with Crippen LogP contribution >= 0.6 is 15.9 Å². The Kier molecular flexibility index (Phi) is 4.66. The van der Waals surface area contributed by atoms with Gasteiger partial charge in [-0.3, -0.25) is 0 Å². The van der Waals surface area contributed by atoms with E-state index in [0.29, 0.717) is 13.0 Å². The first-order valence-electron chi connectivity index (χ1n) is 6.32. The molecule has 6 heteroatoms. The smallest absolute Gasteiger partial charge is 0.240 e. The van der Waals surface area contributed by atoms with Crippen LogP contribution in [0.15, 0.2) is 27.6 Å². The molecule has 106 valence electrons. The first-order valence-corrected chi connectivity index (χ1v) is 8.60. The summed E-state index contributed by atoms with van der Waals surface area (Å²) in [5.41, 5.74) is 0.888. The normalized spacial score (nSPS) is 23.7. The van der Waals surface area contributed by atoms with Crippen LogP contribution in [0.5, 0.6) is 0 Å². The Morgan fingerprint density at radius 2 is 2.16 bits per heavy atom. The first-order chi connectivity index (χ1) is 8.88. The lowest BCUT2D eigenvalue weighted by atomic mass is 10.1. The Bertz CT molecular complexity index is 559. The Morgan fingerprint density at radius 3 is 2.74 bits per heavy atom. The van der Waals surface area contributed by atoms with Gasteiger partial charge in [0.1, 0.15) is 0 Å². The van der Waals surface area contributed by atoms with Gasteiger partial charge in [-0.1, -0.05) is 15.9 Å². The largest absolute Gasteiger partial charge is 0.393 e. The molecule has 1 aliphatic carbocycles. The van der Waals surface area contributed by atoms with E-state index in [2.05, 4.69) is 20.7 Å². The number of aliphatic hydroxyl groups excluding tert-OH is 1. The highest BCUT2D eigenvalue weighted by molar-refractivity contribution is 9.10. The van der Waals surface area contributed by atoms with Crippen LogP contribution in [0.1, 0.15) is 24.8 Å². The summed E-state index contributed by atoms with van der Waals surface area (Å²) in [4.78, 5) is 0.284. The van der Waals surface area contributed by atoms with Crippen molar-refractivity contribution in [2.24, 2.45) is 5.92 Å². The van der Waals surface area contributed by atoms with Crippen molar-refractivity contribution in [1.82, 2.24) is 4.72 Å². The van der Waals surface area contributed by atoms with E-state index in [1.807, 2.05) is 6.92 Å². The Morgan fingerprint density at radius 1 is 1.42 bits per heavy atom. The number of sulfonamides is 1. The topological polar surface area (TPSA) is 66.4 Å². The highest BCUT2D eigenvalue weighted by Gasteiger charge is 2.24. The van der Waals surface area contributed by atoms with E-state index in [0.717, 1.165) is 22.9 Å². The molecule has 19 heavy (non-hydrogen) atoms. The van der Waals surface area contributed by atoms with E-state index in [9.17, 15) is 13.5 Å². The van der Waals surface area contributed by atoms with Crippen molar-refractivity contribution >= 4 is 26.0 Å². The van der Waals surface area contributed by atoms with E-state index in [1.54, 1.807) is 18.2 Å². The second kappa shape index (κ2) is 5.91. The number of nitrogens with one attached hydrogen (secondary N) is 1. The van der Waals surface area contributed by atoms with Gasteiger partial charge in [0.15, 0.2) is 0 Å². The third kappa shape index (κ3) is 3.78. The molecule has 1 aromatic rings. The summed E-state index contributed by atoms with van der Waals surface area (Å²) in [5, 5.41) is 9.43. The molecule has 2 N–H and O–H groups in total. The molecular weight excluding hydrogens is 330 g/mol. The quantitative estimate of drug-likeness (QED) is 0.877. The Balaban J connectivity index is 2.03. The van der Waals surface area contributed by atoms with Crippen LogP contribution in [0.3, 0.4) is 0 Å². The first kappa shape index (κ1) is 15.0. The van der Waals surface area contributed by atoms with Crippen LogP contribution in [-0.4, -0.2) is 26.2 Å². The third-order valence-electron chi connectivity index (χ3n) is 3.52. The number of hydrogen-bond donors (Lipinski definition) is 2. The maximum absolute atomic E-state index is 12.1. The standard InChI is InChI=1S/C13H18BrNO3S/c1-9-6-12(4-5-13(9)14)19(17,18)15-8-10-2-3-11(16)7-10/h4-6,10-11,15-16H,2-3,7-8H2,1H3. The van der Waals surface area contributed by atoms with Gasteiger partial charge in [0.25, 0.3) is 0 Å². The van der Waals surface area contributed by atoms with Crippen LogP contribution in [0, 0.1) is 12.8 Å². The molecule has 1 aromatic carbocycles. The monoisotopic (exact) mass is 347 g/mol. The highest BCUT2D eigenvalue weighted by atomic mass is 79.9. The average molecular weight is 348 g/mol. The number of halogens is 1. The molecule has 0 bridgehead atoms. The van der Waals surface area contributed by atoms with E-state index in [4.69, 9.17) is 0 Å². The molecule has 0 amide bonds. The summed E-state index contributed by atoms with van der Waals surface area (Å²) in [7, 11) is -3.46. The van der Waals surface area contributed by atoms with Crippen molar-refractivity contribution in [3.05, 3.63) is 28.2 Å². The molecule has 0 radical (unpaired) electrons. The van der Waals surface area contributed by atoms with Crippen LogP contribution < -0.4 is 4.72 Å². The van der Waals surface area contributed by atoms with Crippen LogP contribution in [0.2, 0.25) is 0 Å². The lowest BCUT2D eigenvalue weighted by molar-refractivity contribution is 0.178. The van der Waals surface area contributed by atoms with Gasteiger partial charge in [-0.25, -0.2) is 13.1 Å². The predicted molar refractivity (Wildman–Crippen MR) is 77.4 cm³/mol. The zero-order chi connectivity index (χ0) is 14.0. The molecule has 0 spiro atoms. The Labute approximate surface area is 122 Å². The number of benzene rings is 1. The molecular formula is C13H18BrNO3S. The van der Waals surface area contributed by atoms with Crippen molar-refractivity contribution < 1.29 is 13.5 Å². The van der Waals surface area contributed by atoms with Crippen molar-refractivity contribution in [3.63, 3.8) is 0 Å². The highest BCUT2D eigenvalue weighted by Crippen LogP contribution is 2.25. The fourth-order valence-electron chi connectivity index (χ4n) is 2.33. The van der Waals surface area contributed by atoms with Gasteiger partial charge in [-0.15, -0.1) is 0 Å². The number of aliphatic hydroxyl groups is 1. The second-order valence-corrected chi connectivity index (χ2v) is 7.72. The zero-order valence-electron chi connectivity index (χ0n) is 10.8. The van der Waals surface area contributed by atoms with E-state index < -0.39 is 10.0 Å². The molecule has 4 nitrogen and oxygen atoms in total. The van der Waals surface area contributed by atoms with Crippen LogP contribution in [0.4, 0.5) is 0 Å². The molecule has 0 saturated heterocycles. The maximum Gasteiger partial charge on any atom is 0.240 e. The minimum atomic E-state index is -3.46. The summed E-state index contributed by atoms with van der Waals surface area (Å²) < 4.78 is 27.8. The minimum Gasteiger partial charge on any atom is -0.393 e.